The van der Waals surface area contributed by atoms with Crippen LogP contribution in [0.25, 0.3) is 0 Å². The summed E-state index contributed by atoms with van der Waals surface area (Å²) in [4.78, 5) is 0. The molecule has 0 radical (unpaired) electrons. The second kappa shape index (κ2) is 13.0. The van der Waals surface area contributed by atoms with Crippen LogP contribution in [-0.4, -0.2) is 12.7 Å². The van der Waals surface area contributed by atoms with Crippen molar-refractivity contribution >= 4 is 0 Å². The zero-order chi connectivity index (χ0) is 24.6. The first-order valence-electron chi connectivity index (χ1n) is 13.5. The number of halogens is 4. The van der Waals surface area contributed by atoms with Crippen LogP contribution >= 0.6 is 0 Å². The molecule has 2 aliphatic carbocycles. The Balaban J connectivity index is 1.35. The lowest BCUT2D eigenvalue weighted by Crippen LogP contribution is -2.27. The van der Waals surface area contributed by atoms with Gasteiger partial charge in [0.2, 0.25) is 11.6 Å². The molecule has 0 aromatic heterocycles. The van der Waals surface area contributed by atoms with Crippen molar-refractivity contribution in [1.29, 1.82) is 0 Å². The van der Waals surface area contributed by atoms with E-state index in [0.717, 1.165) is 55.6 Å². The fourth-order valence-electron chi connectivity index (χ4n) is 5.94. The van der Waals surface area contributed by atoms with E-state index in [1.807, 2.05) is 0 Å². The van der Waals surface area contributed by atoms with Crippen LogP contribution in [0.2, 0.25) is 0 Å². The van der Waals surface area contributed by atoms with Gasteiger partial charge in [0.1, 0.15) is 0 Å². The van der Waals surface area contributed by atoms with Gasteiger partial charge in [-0.15, -0.1) is 0 Å². The van der Waals surface area contributed by atoms with Gasteiger partial charge in [0.15, 0.2) is 11.5 Å². The van der Waals surface area contributed by atoms with Crippen LogP contribution in [0.1, 0.15) is 104 Å². The molecular weight excluding hydrogens is 444 g/mol. The van der Waals surface area contributed by atoms with E-state index in [9.17, 15) is 17.6 Å². The Kier molecular flexibility index (Phi) is 10.4. The summed E-state index contributed by atoms with van der Waals surface area (Å²) in [6.45, 7) is 4.05. The molecule has 0 amide bonds. The molecule has 0 heterocycles. The molecule has 1 aromatic rings. The molecule has 0 bridgehead atoms. The minimum absolute atomic E-state index is 0.148. The highest BCUT2D eigenvalue weighted by molar-refractivity contribution is 5.35. The van der Waals surface area contributed by atoms with E-state index in [-0.39, 0.29) is 18.3 Å². The first kappa shape index (κ1) is 27.1. The molecule has 2 fully saturated rings. The average molecular weight is 487 g/mol. The minimum Gasteiger partial charge on any atom is -0.491 e. The molecule has 6 heteroatoms. The van der Waals surface area contributed by atoms with Gasteiger partial charge in [-0.05, 0) is 49.1 Å². The summed E-state index contributed by atoms with van der Waals surface area (Å²) in [6.07, 6.45) is 11.3. The summed E-state index contributed by atoms with van der Waals surface area (Å²) in [5, 5.41) is 0. The van der Waals surface area contributed by atoms with E-state index in [0.29, 0.717) is 6.42 Å². The zero-order valence-corrected chi connectivity index (χ0v) is 20.9. The van der Waals surface area contributed by atoms with E-state index in [1.54, 1.807) is 6.92 Å². The largest absolute Gasteiger partial charge is 0.491 e. The predicted octanol–water partition coefficient (Wildman–Crippen LogP) is 9.31. The second-order valence-electron chi connectivity index (χ2n) is 10.5. The topological polar surface area (TPSA) is 18.5 Å². The molecule has 1 aromatic carbocycles. The fourth-order valence-corrected chi connectivity index (χ4v) is 5.94. The van der Waals surface area contributed by atoms with Gasteiger partial charge < -0.3 is 9.47 Å². The molecule has 0 N–H and O–H groups in total. The first-order valence-corrected chi connectivity index (χ1v) is 13.5. The molecular formula is C28H42F4O2. The number of rotatable bonds is 12. The van der Waals surface area contributed by atoms with Crippen LogP contribution in [0.4, 0.5) is 17.6 Å². The Labute approximate surface area is 202 Å². The third-order valence-corrected chi connectivity index (χ3v) is 8.03. The molecule has 0 spiro atoms. The maximum atomic E-state index is 14.4. The van der Waals surface area contributed by atoms with Gasteiger partial charge in [-0.2, -0.15) is 17.6 Å². The lowest BCUT2D eigenvalue weighted by Gasteiger charge is -2.32. The molecule has 0 saturated heterocycles. The van der Waals surface area contributed by atoms with Crippen LogP contribution in [-0.2, 0) is 0 Å². The SMILES string of the molecule is CCCC1CCC(CCC2CCC(CCC(F)(F)Oc3ccc(OCC)c(F)c3F)CC2)CC1. The predicted molar refractivity (Wildman–Crippen MR) is 127 cm³/mol. The molecule has 2 saturated carbocycles. The van der Waals surface area contributed by atoms with Crippen molar-refractivity contribution in [3.63, 3.8) is 0 Å². The smallest absolute Gasteiger partial charge is 0.397 e. The standard InChI is InChI=1S/C28H42F4O2/c1-3-5-20-6-8-21(9-7-20)10-11-22-12-14-23(15-13-22)18-19-28(31,32)34-25-17-16-24(33-4-2)26(29)27(25)30/h16-17,20-23H,3-15,18-19H2,1-2H3. The highest BCUT2D eigenvalue weighted by Crippen LogP contribution is 2.40. The van der Waals surface area contributed by atoms with Crippen molar-refractivity contribution in [1.82, 2.24) is 0 Å². The van der Waals surface area contributed by atoms with Crippen LogP contribution in [0.5, 0.6) is 11.5 Å². The van der Waals surface area contributed by atoms with Gasteiger partial charge in [-0.3, -0.25) is 0 Å². The molecule has 2 nitrogen and oxygen atoms in total. The third-order valence-electron chi connectivity index (χ3n) is 8.03. The van der Waals surface area contributed by atoms with Gasteiger partial charge in [-0.1, -0.05) is 84.0 Å². The Morgan fingerprint density at radius 2 is 1.15 bits per heavy atom. The van der Waals surface area contributed by atoms with E-state index in [1.165, 1.54) is 51.4 Å². The molecule has 3 rings (SSSR count). The molecule has 0 atom stereocenters. The molecule has 0 unspecified atom stereocenters. The number of alkyl halides is 2. The summed E-state index contributed by atoms with van der Waals surface area (Å²) in [5.74, 6) is -1.03. The van der Waals surface area contributed by atoms with Gasteiger partial charge in [0, 0.05) is 0 Å². The van der Waals surface area contributed by atoms with E-state index < -0.39 is 29.9 Å². The first-order chi connectivity index (χ1) is 16.3. The third kappa shape index (κ3) is 8.05. The molecule has 34 heavy (non-hydrogen) atoms. The minimum atomic E-state index is -3.53. The van der Waals surface area contributed by atoms with Gasteiger partial charge in [-0.25, -0.2) is 0 Å². The summed E-state index contributed by atoms with van der Waals surface area (Å²) in [5.41, 5.74) is 0. The fraction of sp³-hybridized carbons (Fsp3) is 0.786. The van der Waals surface area contributed by atoms with Crippen molar-refractivity contribution in [2.75, 3.05) is 6.61 Å². The lowest BCUT2D eigenvalue weighted by atomic mass is 9.74. The zero-order valence-electron chi connectivity index (χ0n) is 20.9. The number of ether oxygens (including phenoxy) is 2. The van der Waals surface area contributed by atoms with Crippen LogP contribution in [0.3, 0.4) is 0 Å². The second-order valence-corrected chi connectivity index (χ2v) is 10.5. The quantitative estimate of drug-likeness (QED) is 0.274. The Bertz CT molecular complexity index is 738. The monoisotopic (exact) mass is 486 g/mol. The number of benzene rings is 1. The van der Waals surface area contributed by atoms with E-state index in [4.69, 9.17) is 4.74 Å². The number of hydrogen-bond acceptors (Lipinski definition) is 2. The van der Waals surface area contributed by atoms with Crippen molar-refractivity contribution < 1.29 is 27.0 Å². The Morgan fingerprint density at radius 3 is 1.65 bits per heavy atom. The van der Waals surface area contributed by atoms with Gasteiger partial charge in [0.05, 0.1) is 13.0 Å². The van der Waals surface area contributed by atoms with Gasteiger partial charge >= 0.3 is 6.11 Å². The normalized spacial score (nSPS) is 25.8. The number of hydrogen-bond donors (Lipinski definition) is 0. The maximum Gasteiger partial charge on any atom is 0.397 e. The molecule has 0 aliphatic heterocycles. The van der Waals surface area contributed by atoms with Crippen LogP contribution in [0, 0.1) is 35.3 Å². The Morgan fingerprint density at radius 1 is 0.706 bits per heavy atom. The summed E-state index contributed by atoms with van der Waals surface area (Å²) < 4.78 is 66.3. The highest BCUT2D eigenvalue weighted by Gasteiger charge is 2.35. The summed E-state index contributed by atoms with van der Waals surface area (Å²) >= 11 is 0. The van der Waals surface area contributed by atoms with Crippen molar-refractivity contribution in [3.8, 4) is 11.5 Å². The van der Waals surface area contributed by atoms with E-state index >= 15 is 0 Å². The van der Waals surface area contributed by atoms with Gasteiger partial charge in [0.25, 0.3) is 0 Å². The Hall–Kier alpha value is -1.46. The molecule has 2 aliphatic rings. The van der Waals surface area contributed by atoms with Crippen LogP contribution in [0.15, 0.2) is 12.1 Å². The van der Waals surface area contributed by atoms with E-state index in [2.05, 4.69) is 11.7 Å². The van der Waals surface area contributed by atoms with Crippen molar-refractivity contribution in [2.45, 2.75) is 110 Å². The summed E-state index contributed by atoms with van der Waals surface area (Å²) in [7, 11) is 0. The highest BCUT2D eigenvalue weighted by atomic mass is 19.3. The maximum absolute atomic E-state index is 14.4. The lowest BCUT2D eigenvalue weighted by molar-refractivity contribution is -0.185. The van der Waals surface area contributed by atoms with Crippen LogP contribution < -0.4 is 9.47 Å². The molecule has 194 valence electrons. The van der Waals surface area contributed by atoms with Crippen molar-refractivity contribution in [3.05, 3.63) is 23.8 Å². The average Bonchev–Trinajstić information content (AvgIpc) is 2.83. The van der Waals surface area contributed by atoms with Crippen molar-refractivity contribution in [2.24, 2.45) is 23.7 Å². The summed E-state index contributed by atoms with van der Waals surface area (Å²) in [6, 6.07) is 2.12.